The molecule has 3 aromatic rings. The van der Waals surface area contributed by atoms with E-state index in [-0.39, 0.29) is 24.5 Å². The van der Waals surface area contributed by atoms with Crippen LogP contribution in [0.15, 0.2) is 47.0 Å². The van der Waals surface area contributed by atoms with Crippen molar-refractivity contribution in [3.8, 4) is 28.6 Å². The highest BCUT2D eigenvalue weighted by Crippen LogP contribution is 2.32. The molecule has 8 heteroatoms. The van der Waals surface area contributed by atoms with Crippen molar-refractivity contribution in [2.24, 2.45) is 0 Å². The Kier molecular flexibility index (Phi) is 7.02. The summed E-state index contributed by atoms with van der Waals surface area (Å²) in [4.78, 5) is 18.5. The topological polar surface area (TPSA) is 86.9 Å². The van der Waals surface area contributed by atoms with Gasteiger partial charge in [0.2, 0.25) is 11.7 Å². The lowest BCUT2D eigenvalue weighted by Crippen LogP contribution is -2.31. The number of hydrogen-bond donors (Lipinski definition) is 0. The Balaban J connectivity index is 1.65. The molecule has 0 unspecified atom stereocenters. The van der Waals surface area contributed by atoms with Crippen LogP contribution in [0.25, 0.3) is 11.4 Å². The molecular weight excluding hydrogens is 410 g/mol. The van der Waals surface area contributed by atoms with E-state index in [1.165, 1.54) is 4.90 Å². The van der Waals surface area contributed by atoms with E-state index in [1.54, 1.807) is 39.5 Å². The van der Waals surface area contributed by atoms with E-state index >= 15 is 0 Å². The minimum absolute atomic E-state index is 0.0864. The number of para-hydroxylation sites is 1. The van der Waals surface area contributed by atoms with Crippen LogP contribution in [0.1, 0.15) is 32.2 Å². The Hall–Kier alpha value is -3.55. The largest absolute Gasteiger partial charge is 0.497 e. The monoisotopic (exact) mass is 439 g/mol. The van der Waals surface area contributed by atoms with Gasteiger partial charge in [-0.2, -0.15) is 4.98 Å². The number of benzene rings is 2. The molecule has 0 spiro atoms. The molecule has 0 radical (unpaired) electrons. The van der Waals surface area contributed by atoms with Crippen molar-refractivity contribution in [1.82, 2.24) is 15.0 Å². The molecule has 0 N–H and O–H groups in total. The lowest BCUT2D eigenvalue weighted by atomic mass is 9.86. The highest BCUT2D eigenvalue weighted by atomic mass is 16.5. The molecule has 0 aliphatic carbocycles. The maximum Gasteiger partial charge on any atom is 0.260 e. The summed E-state index contributed by atoms with van der Waals surface area (Å²) in [5.74, 6) is 2.41. The first kappa shape index (κ1) is 23.1. The standard InChI is InChI=1S/C24H29N3O5/c1-24(2,3)18-9-7-8-10-19(18)31-15-22(28)27(4)14-21-25-23(26-32-21)17-12-11-16(29-5)13-20(17)30-6/h7-13H,14-15H2,1-6H3. The zero-order valence-corrected chi connectivity index (χ0v) is 19.3. The predicted molar refractivity (Wildman–Crippen MR) is 120 cm³/mol. The number of amides is 1. The van der Waals surface area contributed by atoms with Crippen molar-refractivity contribution in [1.29, 1.82) is 0 Å². The zero-order chi connectivity index (χ0) is 23.3. The molecule has 3 rings (SSSR count). The molecule has 0 saturated carbocycles. The van der Waals surface area contributed by atoms with E-state index in [2.05, 4.69) is 30.9 Å². The van der Waals surface area contributed by atoms with Crippen LogP contribution in [0.5, 0.6) is 17.2 Å². The van der Waals surface area contributed by atoms with Crippen molar-refractivity contribution < 1.29 is 23.5 Å². The number of rotatable bonds is 8. The minimum Gasteiger partial charge on any atom is -0.497 e. The van der Waals surface area contributed by atoms with E-state index in [0.717, 1.165) is 5.56 Å². The highest BCUT2D eigenvalue weighted by Gasteiger charge is 2.21. The number of carbonyl (C=O) groups is 1. The first-order valence-electron chi connectivity index (χ1n) is 10.2. The van der Waals surface area contributed by atoms with Gasteiger partial charge in [0.05, 0.1) is 26.3 Å². The summed E-state index contributed by atoms with van der Waals surface area (Å²) in [5.41, 5.74) is 1.62. The van der Waals surface area contributed by atoms with Crippen molar-refractivity contribution in [2.75, 3.05) is 27.9 Å². The smallest absolute Gasteiger partial charge is 0.260 e. The van der Waals surface area contributed by atoms with Gasteiger partial charge in [0.1, 0.15) is 17.2 Å². The van der Waals surface area contributed by atoms with E-state index in [4.69, 9.17) is 18.7 Å². The first-order chi connectivity index (χ1) is 15.2. The number of methoxy groups -OCH3 is 2. The van der Waals surface area contributed by atoms with Crippen LogP contribution in [0.3, 0.4) is 0 Å². The van der Waals surface area contributed by atoms with Gasteiger partial charge < -0.3 is 23.6 Å². The van der Waals surface area contributed by atoms with Crippen LogP contribution in [-0.2, 0) is 16.8 Å². The summed E-state index contributed by atoms with van der Waals surface area (Å²) in [5, 5.41) is 4.02. The number of likely N-dealkylation sites (N-methyl/N-ethyl adjacent to an activating group) is 1. The molecule has 1 heterocycles. The number of nitrogens with zero attached hydrogens (tertiary/aromatic N) is 3. The molecule has 0 saturated heterocycles. The van der Waals surface area contributed by atoms with E-state index < -0.39 is 0 Å². The Labute approximate surface area is 188 Å². The number of hydrogen-bond acceptors (Lipinski definition) is 7. The predicted octanol–water partition coefficient (Wildman–Crippen LogP) is 4.09. The molecular formula is C24H29N3O5. The molecule has 1 aromatic heterocycles. The van der Waals surface area contributed by atoms with Crippen LogP contribution in [0.2, 0.25) is 0 Å². The van der Waals surface area contributed by atoms with Crippen molar-refractivity contribution in [2.45, 2.75) is 32.7 Å². The quantitative estimate of drug-likeness (QED) is 0.522. The van der Waals surface area contributed by atoms with Gasteiger partial charge in [0, 0.05) is 13.1 Å². The van der Waals surface area contributed by atoms with Gasteiger partial charge in [-0.25, -0.2) is 0 Å². The number of ether oxygens (including phenoxy) is 3. The van der Waals surface area contributed by atoms with Crippen LogP contribution >= 0.6 is 0 Å². The number of carbonyl (C=O) groups excluding carboxylic acids is 1. The summed E-state index contributed by atoms with van der Waals surface area (Å²) < 4.78 is 21.8. The SMILES string of the molecule is COc1ccc(-c2noc(CN(C)C(=O)COc3ccccc3C(C)(C)C)n2)c(OC)c1. The maximum absolute atomic E-state index is 12.6. The van der Waals surface area contributed by atoms with E-state index in [1.807, 2.05) is 24.3 Å². The molecule has 2 aromatic carbocycles. The highest BCUT2D eigenvalue weighted by molar-refractivity contribution is 5.77. The normalized spacial score (nSPS) is 11.2. The van der Waals surface area contributed by atoms with Gasteiger partial charge in [-0.3, -0.25) is 4.79 Å². The van der Waals surface area contributed by atoms with Crippen LogP contribution in [-0.4, -0.2) is 48.8 Å². The fourth-order valence-corrected chi connectivity index (χ4v) is 3.16. The molecule has 0 bridgehead atoms. The third-order valence-corrected chi connectivity index (χ3v) is 4.96. The molecule has 0 aliphatic heterocycles. The van der Waals surface area contributed by atoms with Gasteiger partial charge in [0.25, 0.3) is 5.91 Å². The Morgan fingerprint density at radius 2 is 1.81 bits per heavy atom. The van der Waals surface area contributed by atoms with Crippen LogP contribution < -0.4 is 14.2 Å². The Morgan fingerprint density at radius 3 is 2.50 bits per heavy atom. The molecule has 170 valence electrons. The van der Waals surface area contributed by atoms with Gasteiger partial charge in [-0.1, -0.05) is 44.1 Å². The second kappa shape index (κ2) is 9.72. The fraction of sp³-hybridized carbons (Fsp3) is 0.375. The number of aromatic nitrogens is 2. The molecule has 1 amide bonds. The first-order valence-corrected chi connectivity index (χ1v) is 10.2. The van der Waals surface area contributed by atoms with Crippen molar-refractivity contribution in [3.63, 3.8) is 0 Å². The second-order valence-corrected chi connectivity index (χ2v) is 8.36. The lowest BCUT2D eigenvalue weighted by Gasteiger charge is -2.23. The average Bonchev–Trinajstić information content (AvgIpc) is 3.24. The van der Waals surface area contributed by atoms with Gasteiger partial charge in [-0.05, 0) is 29.2 Å². The average molecular weight is 440 g/mol. The van der Waals surface area contributed by atoms with Gasteiger partial charge in [-0.15, -0.1) is 0 Å². The van der Waals surface area contributed by atoms with E-state index in [0.29, 0.717) is 34.5 Å². The molecule has 32 heavy (non-hydrogen) atoms. The fourth-order valence-electron chi connectivity index (χ4n) is 3.16. The summed E-state index contributed by atoms with van der Waals surface area (Å²) in [7, 11) is 4.81. The zero-order valence-electron chi connectivity index (χ0n) is 19.3. The molecule has 8 nitrogen and oxygen atoms in total. The van der Waals surface area contributed by atoms with Crippen LogP contribution in [0, 0.1) is 0 Å². The van der Waals surface area contributed by atoms with E-state index in [9.17, 15) is 4.79 Å². The Morgan fingerprint density at radius 1 is 1.06 bits per heavy atom. The summed E-state index contributed by atoms with van der Waals surface area (Å²) in [6.45, 7) is 6.39. The third-order valence-electron chi connectivity index (χ3n) is 4.96. The lowest BCUT2D eigenvalue weighted by molar-refractivity contribution is -0.132. The maximum atomic E-state index is 12.6. The molecule has 0 aliphatic rings. The van der Waals surface area contributed by atoms with Crippen molar-refractivity contribution in [3.05, 3.63) is 53.9 Å². The van der Waals surface area contributed by atoms with Crippen LogP contribution in [0.4, 0.5) is 0 Å². The third kappa shape index (κ3) is 5.38. The summed E-state index contributed by atoms with van der Waals surface area (Å²) >= 11 is 0. The molecule has 0 fully saturated rings. The molecule has 0 atom stereocenters. The van der Waals surface area contributed by atoms with Crippen molar-refractivity contribution >= 4 is 5.91 Å². The summed E-state index contributed by atoms with van der Waals surface area (Å²) in [6, 6.07) is 13.1. The Bertz CT molecular complexity index is 1070. The minimum atomic E-state index is -0.199. The second-order valence-electron chi connectivity index (χ2n) is 8.36. The van der Waals surface area contributed by atoms with Gasteiger partial charge in [0.15, 0.2) is 6.61 Å². The summed E-state index contributed by atoms with van der Waals surface area (Å²) in [6.07, 6.45) is 0. The van der Waals surface area contributed by atoms with Gasteiger partial charge >= 0.3 is 0 Å².